The standard InChI is InChI=1S/C13H19N3OS/c1-10-11(7-15-16(10)3)6-14-9-13(2,17)12-4-5-18-8-12/h4-5,7-8,14,17H,6,9H2,1-3H3. The fraction of sp³-hybridized carbons (Fsp3) is 0.462. The number of nitrogens with one attached hydrogen (secondary N) is 1. The highest BCUT2D eigenvalue weighted by atomic mass is 32.1. The van der Waals surface area contributed by atoms with E-state index >= 15 is 0 Å². The van der Waals surface area contributed by atoms with Crippen molar-refractivity contribution in [1.29, 1.82) is 0 Å². The van der Waals surface area contributed by atoms with E-state index in [2.05, 4.69) is 10.4 Å². The lowest BCUT2D eigenvalue weighted by molar-refractivity contribution is 0.0571. The first-order chi connectivity index (χ1) is 8.50. The minimum Gasteiger partial charge on any atom is -0.384 e. The topological polar surface area (TPSA) is 50.1 Å². The molecule has 1 unspecified atom stereocenters. The van der Waals surface area contributed by atoms with Crippen LogP contribution in [0.1, 0.15) is 23.7 Å². The van der Waals surface area contributed by atoms with Crippen molar-refractivity contribution in [3.8, 4) is 0 Å². The number of thiophene rings is 1. The third-order valence-corrected chi connectivity index (χ3v) is 3.95. The van der Waals surface area contributed by atoms with Gasteiger partial charge in [-0.05, 0) is 36.2 Å². The van der Waals surface area contributed by atoms with E-state index in [0.29, 0.717) is 6.54 Å². The summed E-state index contributed by atoms with van der Waals surface area (Å²) in [6.45, 7) is 5.12. The Morgan fingerprint density at radius 1 is 1.56 bits per heavy atom. The summed E-state index contributed by atoms with van der Waals surface area (Å²) in [7, 11) is 1.93. The van der Waals surface area contributed by atoms with Crippen LogP contribution in [0.4, 0.5) is 0 Å². The van der Waals surface area contributed by atoms with Crippen LogP contribution >= 0.6 is 11.3 Å². The van der Waals surface area contributed by atoms with Crippen molar-refractivity contribution >= 4 is 11.3 Å². The van der Waals surface area contributed by atoms with E-state index in [1.54, 1.807) is 11.3 Å². The Hall–Kier alpha value is -1.17. The van der Waals surface area contributed by atoms with Crippen LogP contribution in [0.5, 0.6) is 0 Å². The molecule has 0 saturated heterocycles. The number of aliphatic hydroxyl groups is 1. The van der Waals surface area contributed by atoms with Crippen LogP contribution < -0.4 is 5.32 Å². The van der Waals surface area contributed by atoms with Crippen LogP contribution in [0.2, 0.25) is 0 Å². The number of aromatic nitrogens is 2. The average Bonchev–Trinajstić information content (AvgIpc) is 2.94. The lowest BCUT2D eigenvalue weighted by Crippen LogP contribution is -2.34. The number of nitrogens with zero attached hydrogens (tertiary/aromatic N) is 2. The molecule has 2 N–H and O–H groups in total. The predicted molar refractivity (Wildman–Crippen MR) is 73.5 cm³/mol. The number of hydrogen-bond donors (Lipinski definition) is 2. The highest BCUT2D eigenvalue weighted by Crippen LogP contribution is 2.22. The molecule has 0 aromatic carbocycles. The normalized spacial score (nSPS) is 14.7. The fourth-order valence-electron chi connectivity index (χ4n) is 1.83. The smallest absolute Gasteiger partial charge is 0.1000 e. The molecule has 4 nitrogen and oxygen atoms in total. The second-order valence-corrected chi connectivity index (χ2v) is 5.55. The van der Waals surface area contributed by atoms with Gasteiger partial charge in [0.15, 0.2) is 0 Å². The summed E-state index contributed by atoms with van der Waals surface area (Å²) in [5, 5.41) is 21.8. The van der Waals surface area contributed by atoms with E-state index in [1.165, 1.54) is 5.56 Å². The molecular formula is C13H19N3OS. The average molecular weight is 265 g/mol. The van der Waals surface area contributed by atoms with Gasteiger partial charge in [-0.2, -0.15) is 16.4 Å². The molecule has 0 aliphatic carbocycles. The second kappa shape index (κ2) is 5.22. The number of hydrogen-bond acceptors (Lipinski definition) is 4. The monoisotopic (exact) mass is 265 g/mol. The molecule has 98 valence electrons. The van der Waals surface area contributed by atoms with Gasteiger partial charge < -0.3 is 10.4 Å². The SMILES string of the molecule is Cc1c(CNCC(C)(O)c2ccsc2)cnn1C. The van der Waals surface area contributed by atoms with E-state index < -0.39 is 5.60 Å². The van der Waals surface area contributed by atoms with Crippen molar-refractivity contribution < 1.29 is 5.11 Å². The van der Waals surface area contributed by atoms with E-state index in [1.807, 2.05) is 48.6 Å². The summed E-state index contributed by atoms with van der Waals surface area (Å²) in [5.41, 5.74) is 2.45. The van der Waals surface area contributed by atoms with Crippen molar-refractivity contribution in [2.45, 2.75) is 26.0 Å². The molecule has 0 aliphatic rings. The summed E-state index contributed by atoms with van der Waals surface area (Å²) < 4.78 is 1.86. The van der Waals surface area contributed by atoms with Crippen LogP contribution in [0, 0.1) is 6.92 Å². The molecule has 0 bridgehead atoms. The zero-order valence-corrected chi connectivity index (χ0v) is 11.8. The van der Waals surface area contributed by atoms with Crippen molar-refractivity contribution in [3.63, 3.8) is 0 Å². The Bertz CT molecular complexity index is 502. The molecule has 18 heavy (non-hydrogen) atoms. The van der Waals surface area contributed by atoms with E-state index in [4.69, 9.17) is 0 Å². The van der Waals surface area contributed by atoms with Crippen LogP contribution in [0.15, 0.2) is 23.0 Å². The van der Waals surface area contributed by atoms with Gasteiger partial charge in [0.2, 0.25) is 0 Å². The Kier molecular flexibility index (Phi) is 3.85. The fourth-order valence-corrected chi connectivity index (χ4v) is 2.61. The Morgan fingerprint density at radius 2 is 2.33 bits per heavy atom. The third-order valence-electron chi connectivity index (χ3n) is 3.26. The quantitative estimate of drug-likeness (QED) is 0.866. The minimum absolute atomic E-state index is 0.526. The van der Waals surface area contributed by atoms with Crippen LogP contribution in [-0.4, -0.2) is 21.4 Å². The van der Waals surface area contributed by atoms with Gasteiger partial charge in [0, 0.05) is 31.4 Å². The summed E-state index contributed by atoms with van der Waals surface area (Å²) in [5.74, 6) is 0. The summed E-state index contributed by atoms with van der Waals surface area (Å²) in [6.07, 6.45) is 1.86. The van der Waals surface area contributed by atoms with Crippen molar-refractivity contribution in [2.75, 3.05) is 6.54 Å². The third kappa shape index (κ3) is 2.80. The second-order valence-electron chi connectivity index (χ2n) is 4.77. The van der Waals surface area contributed by atoms with Crippen molar-refractivity contribution in [1.82, 2.24) is 15.1 Å². The molecule has 0 radical (unpaired) electrons. The Balaban J connectivity index is 1.91. The van der Waals surface area contributed by atoms with Gasteiger partial charge in [-0.25, -0.2) is 0 Å². The van der Waals surface area contributed by atoms with Crippen LogP contribution in [-0.2, 0) is 19.2 Å². The Morgan fingerprint density at radius 3 is 2.89 bits per heavy atom. The predicted octanol–water partition coefficient (Wildman–Crippen LogP) is 1.79. The maximum absolute atomic E-state index is 10.4. The molecule has 2 rings (SSSR count). The molecular weight excluding hydrogens is 246 g/mol. The largest absolute Gasteiger partial charge is 0.384 e. The van der Waals surface area contributed by atoms with Gasteiger partial charge in [0.1, 0.15) is 0 Å². The maximum atomic E-state index is 10.4. The molecule has 2 heterocycles. The highest BCUT2D eigenvalue weighted by Gasteiger charge is 2.22. The molecule has 5 heteroatoms. The van der Waals surface area contributed by atoms with E-state index in [0.717, 1.165) is 17.8 Å². The van der Waals surface area contributed by atoms with Crippen LogP contribution in [0.3, 0.4) is 0 Å². The zero-order valence-electron chi connectivity index (χ0n) is 11.0. The van der Waals surface area contributed by atoms with E-state index in [-0.39, 0.29) is 0 Å². The molecule has 0 saturated carbocycles. The molecule has 1 atom stereocenters. The molecule has 0 fully saturated rings. The van der Waals surface area contributed by atoms with Gasteiger partial charge >= 0.3 is 0 Å². The van der Waals surface area contributed by atoms with Crippen LogP contribution in [0.25, 0.3) is 0 Å². The first kappa shape index (κ1) is 13.3. The lowest BCUT2D eigenvalue weighted by Gasteiger charge is -2.22. The van der Waals surface area contributed by atoms with Gasteiger partial charge in [-0.15, -0.1) is 0 Å². The van der Waals surface area contributed by atoms with Crippen molar-refractivity contribution in [3.05, 3.63) is 39.8 Å². The molecule has 2 aromatic rings. The van der Waals surface area contributed by atoms with Gasteiger partial charge in [-0.1, -0.05) is 0 Å². The maximum Gasteiger partial charge on any atom is 0.1000 e. The minimum atomic E-state index is -0.823. The number of aryl methyl sites for hydroxylation is 1. The zero-order chi connectivity index (χ0) is 13.2. The summed E-state index contributed by atoms with van der Waals surface area (Å²) in [4.78, 5) is 0. The summed E-state index contributed by atoms with van der Waals surface area (Å²) >= 11 is 1.60. The van der Waals surface area contributed by atoms with Gasteiger partial charge in [0.05, 0.1) is 11.8 Å². The lowest BCUT2D eigenvalue weighted by atomic mass is 9.99. The summed E-state index contributed by atoms with van der Waals surface area (Å²) in [6, 6.07) is 1.96. The van der Waals surface area contributed by atoms with Gasteiger partial charge in [0.25, 0.3) is 0 Å². The highest BCUT2D eigenvalue weighted by molar-refractivity contribution is 7.08. The first-order valence-electron chi connectivity index (χ1n) is 5.94. The molecule has 0 amide bonds. The first-order valence-corrected chi connectivity index (χ1v) is 6.88. The Labute approximate surface area is 111 Å². The molecule has 0 aliphatic heterocycles. The molecule has 2 aromatic heterocycles. The van der Waals surface area contributed by atoms with Crippen molar-refractivity contribution in [2.24, 2.45) is 7.05 Å². The van der Waals surface area contributed by atoms with Gasteiger partial charge in [-0.3, -0.25) is 4.68 Å². The number of rotatable bonds is 5. The molecule has 0 spiro atoms. The van der Waals surface area contributed by atoms with E-state index in [9.17, 15) is 5.11 Å².